The van der Waals surface area contributed by atoms with Crippen LogP contribution in [0.15, 0.2) is 50.5 Å². The molecule has 27 heavy (non-hydrogen) atoms. The Bertz CT molecular complexity index is 1180. The second kappa shape index (κ2) is 6.45. The van der Waals surface area contributed by atoms with Crippen molar-refractivity contribution in [3.63, 3.8) is 0 Å². The quantitative estimate of drug-likeness (QED) is 0.723. The maximum atomic E-state index is 12.8. The Balaban J connectivity index is 2.05. The van der Waals surface area contributed by atoms with Gasteiger partial charge in [0, 0.05) is 18.3 Å². The fourth-order valence-corrected chi connectivity index (χ4v) is 4.04. The van der Waals surface area contributed by atoms with Gasteiger partial charge in [0.1, 0.15) is 0 Å². The van der Waals surface area contributed by atoms with Crippen molar-refractivity contribution in [1.29, 1.82) is 0 Å². The van der Waals surface area contributed by atoms with E-state index in [2.05, 4.69) is 4.72 Å². The Labute approximate surface area is 152 Å². The zero-order valence-electron chi connectivity index (χ0n) is 14.3. The van der Waals surface area contributed by atoms with Crippen molar-refractivity contribution >= 4 is 26.8 Å². The Kier molecular flexibility index (Phi) is 4.54. The fraction of sp³-hybridized carbons (Fsp3) is 0.235. The number of benzene rings is 2. The van der Waals surface area contributed by atoms with Crippen molar-refractivity contribution in [2.45, 2.75) is 31.5 Å². The van der Waals surface area contributed by atoms with Gasteiger partial charge in [-0.25, -0.2) is 13.2 Å². The molecule has 0 saturated heterocycles. The van der Waals surface area contributed by atoms with E-state index >= 15 is 0 Å². The predicted molar refractivity (Wildman–Crippen MR) is 93.1 cm³/mol. The van der Waals surface area contributed by atoms with Crippen LogP contribution < -0.4 is 10.5 Å². The number of halogens is 3. The van der Waals surface area contributed by atoms with Crippen LogP contribution in [0.1, 0.15) is 18.1 Å². The molecule has 0 amide bonds. The number of aryl methyl sites for hydroxylation is 2. The van der Waals surface area contributed by atoms with Gasteiger partial charge >= 0.3 is 11.9 Å². The van der Waals surface area contributed by atoms with Crippen LogP contribution in [0.25, 0.3) is 11.1 Å². The van der Waals surface area contributed by atoms with Crippen LogP contribution in [0.3, 0.4) is 0 Å². The van der Waals surface area contributed by atoms with Gasteiger partial charge in [-0.05, 0) is 43.7 Å². The summed E-state index contributed by atoms with van der Waals surface area (Å²) in [6, 6.07) is 6.56. The van der Waals surface area contributed by atoms with Gasteiger partial charge in [-0.15, -0.1) is 0 Å². The summed E-state index contributed by atoms with van der Waals surface area (Å²) in [6.45, 7) is 3.61. The summed E-state index contributed by atoms with van der Waals surface area (Å²) in [5, 5.41) is 0. The maximum absolute atomic E-state index is 12.8. The summed E-state index contributed by atoms with van der Waals surface area (Å²) in [7, 11) is -4.20. The van der Waals surface area contributed by atoms with Gasteiger partial charge in [-0.1, -0.05) is 6.07 Å². The largest absolute Gasteiger partial charge is 0.419 e. The first kappa shape index (κ1) is 19.0. The molecule has 0 fully saturated rings. The molecule has 0 bridgehead atoms. The number of sulfonamides is 1. The number of fused-ring (bicyclic) bond motifs is 1. The molecule has 0 aliphatic rings. The second-order valence-electron chi connectivity index (χ2n) is 5.88. The molecule has 0 atom stereocenters. The number of alkyl halides is 3. The lowest BCUT2D eigenvalue weighted by Crippen LogP contribution is -2.15. The van der Waals surface area contributed by atoms with Gasteiger partial charge in [-0.3, -0.25) is 9.29 Å². The molecule has 0 aliphatic carbocycles. The van der Waals surface area contributed by atoms with Crippen LogP contribution in [-0.4, -0.2) is 13.0 Å². The van der Waals surface area contributed by atoms with Crippen molar-refractivity contribution in [2.24, 2.45) is 0 Å². The van der Waals surface area contributed by atoms with E-state index < -0.39 is 27.5 Å². The first-order valence-corrected chi connectivity index (χ1v) is 9.35. The lowest BCUT2D eigenvalue weighted by Gasteiger charge is -2.12. The molecular formula is C17H15F3N2O4S. The third-order valence-corrected chi connectivity index (χ3v) is 5.54. The number of oxazole rings is 1. The summed E-state index contributed by atoms with van der Waals surface area (Å²) in [5.41, 5.74) is -0.349. The molecular weight excluding hydrogens is 385 g/mol. The van der Waals surface area contributed by atoms with Crippen LogP contribution in [0.4, 0.5) is 18.9 Å². The van der Waals surface area contributed by atoms with Gasteiger partial charge in [0.25, 0.3) is 10.0 Å². The van der Waals surface area contributed by atoms with E-state index in [-0.39, 0.29) is 16.2 Å². The van der Waals surface area contributed by atoms with Crippen molar-refractivity contribution < 1.29 is 26.0 Å². The van der Waals surface area contributed by atoms with E-state index in [0.717, 1.165) is 12.1 Å². The highest BCUT2D eigenvalue weighted by Gasteiger charge is 2.31. The topological polar surface area (TPSA) is 81.3 Å². The van der Waals surface area contributed by atoms with Gasteiger partial charge in [0.2, 0.25) is 0 Å². The molecule has 6 nitrogen and oxygen atoms in total. The highest BCUT2D eigenvalue weighted by molar-refractivity contribution is 7.92. The zero-order valence-corrected chi connectivity index (χ0v) is 15.1. The molecule has 10 heteroatoms. The smallest absolute Gasteiger partial charge is 0.408 e. The summed E-state index contributed by atoms with van der Waals surface area (Å²) >= 11 is 0. The van der Waals surface area contributed by atoms with E-state index in [9.17, 15) is 26.4 Å². The lowest BCUT2D eigenvalue weighted by molar-refractivity contribution is -0.137. The Hall–Kier alpha value is -2.75. The number of hydrogen-bond donors (Lipinski definition) is 1. The molecule has 0 aliphatic heterocycles. The fourth-order valence-electron chi connectivity index (χ4n) is 2.75. The van der Waals surface area contributed by atoms with Crippen LogP contribution in [-0.2, 0) is 22.7 Å². The number of hydrogen-bond acceptors (Lipinski definition) is 4. The molecule has 0 unspecified atom stereocenters. The minimum atomic E-state index is -4.59. The SMILES string of the molecule is CCn1c(=O)oc2cc(S(=O)(=O)Nc3cccc(C(F)(F)F)c3)c(C)cc21. The first-order chi connectivity index (χ1) is 12.5. The zero-order chi connectivity index (χ0) is 20.0. The minimum absolute atomic E-state index is 0.0804. The average molecular weight is 400 g/mol. The van der Waals surface area contributed by atoms with Crippen LogP contribution in [0.5, 0.6) is 0 Å². The number of nitrogens with zero attached hydrogens (tertiary/aromatic N) is 1. The molecule has 2 aromatic carbocycles. The highest BCUT2D eigenvalue weighted by atomic mass is 32.2. The summed E-state index contributed by atoms with van der Waals surface area (Å²) in [6.07, 6.45) is -4.59. The lowest BCUT2D eigenvalue weighted by atomic mass is 10.2. The van der Waals surface area contributed by atoms with Gasteiger partial charge in [0.05, 0.1) is 16.0 Å². The number of nitrogens with one attached hydrogen (secondary N) is 1. The number of rotatable bonds is 4. The molecule has 1 N–H and O–H groups in total. The summed E-state index contributed by atoms with van der Waals surface area (Å²) in [4.78, 5) is 11.6. The molecule has 1 heterocycles. The summed E-state index contributed by atoms with van der Waals surface area (Å²) < 4.78 is 72.3. The first-order valence-electron chi connectivity index (χ1n) is 7.87. The van der Waals surface area contributed by atoms with Crippen molar-refractivity contribution in [3.05, 3.63) is 58.1 Å². The van der Waals surface area contributed by atoms with Crippen molar-refractivity contribution in [1.82, 2.24) is 4.57 Å². The molecule has 3 aromatic rings. The standard InChI is InChI=1S/C17H15F3N2O4S/c1-3-22-13-7-10(2)15(9-14(13)26-16(22)23)27(24,25)21-12-6-4-5-11(8-12)17(18,19)20/h4-9,21H,3H2,1-2H3. The minimum Gasteiger partial charge on any atom is -0.408 e. The van der Waals surface area contributed by atoms with Crippen LogP contribution in [0, 0.1) is 6.92 Å². The molecule has 144 valence electrons. The molecule has 1 aromatic heterocycles. The van der Waals surface area contributed by atoms with E-state index in [0.29, 0.717) is 23.7 Å². The third-order valence-electron chi connectivity index (χ3n) is 4.01. The van der Waals surface area contributed by atoms with Gasteiger partial charge in [0.15, 0.2) is 5.58 Å². The molecule has 0 spiro atoms. The predicted octanol–water partition coefficient (Wildman–Crippen LogP) is 3.74. The monoisotopic (exact) mass is 400 g/mol. The summed E-state index contributed by atoms with van der Waals surface area (Å²) in [5.74, 6) is -0.618. The number of anilines is 1. The van der Waals surface area contributed by atoms with E-state index in [1.165, 1.54) is 29.7 Å². The molecule has 0 saturated carbocycles. The molecule has 0 radical (unpaired) electrons. The number of aromatic nitrogens is 1. The Morgan fingerprint density at radius 1 is 1.19 bits per heavy atom. The average Bonchev–Trinajstić information content (AvgIpc) is 2.87. The third kappa shape index (κ3) is 3.57. The van der Waals surface area contributed by atoms with E-state index in [4.69, 9.17) is 4.42 Å². The van der Waals surface area contributed by atoms with Gasteiger partial charge in [-0.2, -0.15) is 13.2 Å². The Morgan fingerprint density at radius 3 is 2.52 bits per heavy atom. The van der Waals surface area contributed by atoms with E-state index in [1.807, 2.05) is 0 Å². The maximum Gasteiger partial charge on any atom is 0.419 e. The van der Waals surface area contributed by atoms with Gasteiger partial charge < -0.3 is 4.42 Å². The highest BCUT2D eigenvalue weighted by Crippen LogP contribution is 2.31. The second-order valence-corrected chi connectivity index (χ2v) is 7.53. The van der Waals surface area contributed by atoms with Crippen LogP contribution >= 0.6 is 0 Å². The van der Waals surface area contributed by atoms with Crippen molar-refractivity contribution in [2.75, 3.05) is 4.72 Å². The van der Waals surface area contributed by atoms with Crippen LogP contribution in [0.2, 0.25) is 0 Å². The molecule has 3 rings (SSSR count). The van der Waals surface area contributed by atoms with Crippen molar-refractivity contribution in [3.8, 4) is 0 Å². The normalized spacial score (nSPS) is 12.5. The Morgan fingerprint density at radius 2 is 1.89 bits per heavy atom. The van der Waals surface area contributed by atoms with E-state index in [1.54, 1.807) is 6.92 Å².